The van der Waals surface area contributed by atoms with E-state index in [1.807, 2.05) is 12.2 Å². The van der Waals surface area contributed by atoms with E-state index in [0.717, 1.165) is 109 Å². The fraction of sp³-hybridized carbons (Fsp3) is 0.841. The van der Waals surface area contributed by atoms with E-state index in [0.29, 0.717) is 38.6 Å². The summed E-state index contributed by atoms with van der Waals surface area (Å²) in [5.41, 5.74) is 0. The third-order valence-electron chi connectivity index (χ3n) is 9.28. The zero-order chi connectivity index (χ0) is 38.3. The predicted octanol–water partition coefficient (Wildman–Crippen LogP) is 12.1. The normalized spacial score (nSPS) is 12.3. The van der Waals surface area contributed by atoms with Crippen LogP contribution in [0, 0.1) is 5.92 Å². The van der Waals surface area contributed by atoms with Gasteiger partial charge in [0.25, 0.3) is 0 Å². The zero-order valence-corrected chi connectivity index (χ0v) is 34.5. The topological polar surface area (TPSA) is 91.4 Å². The minimum atomic E-state index is -0.556. The number of esters is 2. The first-order valence-electron chi connectivity index (χ1n) is 21.4. The van der Waals surface area contributed by atoms with Gasteiger partial charge in [0.15, 0.2) is 0 Å². The fourth-order valence-electron chi connectivity index (χ4n) is 6.25. The molecule has 0 bridgehead atoms. The molecule has 0 N–H and O–H groups in total. The van der Waals surface area contributed by atoms with E-state index in [2.05, 4.69) is 51.9 Å². The summed E-state index contributed by atoms with van der Waals surface area (Å²) in [5.74, 6) is 0.314. The van der Waals surface area contributed by atoms with Gasteiger partial charge in [-0.3, -0.25) is 9.59 Å². The van der Waals surface area contributed by atoms with E-state index in [9.17, 15) is 14.4 Å². The second-order valence-electron chi connectivity index (χ2n) is 15.0. The first kappa shape index (κ1) is 49.6. The third kappa shape index (κ3) is 37.4. The lowest BCUT2D eigenvalue weighted by Crippen LogP contribution is -2.21. The van der Waals surface area contributed by atoms with Gasteiger partial charge in [-0.25, -0.2) is 4.79 Å². The first-order valence-corrected chi connectivity index (χ1v) is 21.4. The van der Waals surface area contributed by atoms with E-state index in [4.69, 9.17) is 18.9 Å². The van der Waals surface area contributed by atoms with Gasteiger partial charge in [0.2, 0.25) is 0 Å². The van der Waals surface area contributed by atoms with Crippen molar-refractivity contribution >= 4 is 18.1 Å². The summed E-state index contributed by atoms with van der Waals surface area (Å²) in [4.78, 5) is 38.8. The Morgan fingerprint density at radius 2 is 1.00 bits per heavy atom. The summed E-state index contributed by atoms with van der Waals surface area (Å²) in [6.45, 7) is 8.80. The molecule has 0 aliphatic heterocycles. The number of ether oxygens (including phenoxy) is 4. The van der Waals surface area contributed by atoms with Crippen LogP contribution in [-0.4, -0.2) is 69.6 Å². The monoisotopic (exact) mass is 736 g/mol. The summed E-state index contributed by atoms with van der Waals surface area (Å²) < 4.78 is 21.9. The molecule has 0 amide bonds. The van der Waals surface area contributed by atoms with Crippen molar-refractivity contribution in [3.63, 3.8) is 0 Å². The van der Waals surface area contributed by atoms with Crippen molar-refractivity contribution in [3.05, 3.63) is 24.3 Å². The minimum absolute atomic E-state index is 0.120. The van der Waals surface area contributed by atoms with Crippen molar-refractivity contribution in [1.82, 2.24) is 4.90 Å². The SMILES string of the molecule is CCCCCC/C=C\COC(=O)CCCCCCCC(CCCCCCCC(=O)OC/C=C\CCCCCC)OC(=O)OCCCC(C)CN(C)C. The molecule has 0 aromatic carbocycles. The Kier molecular flexibility index (Phi) is 36.6. The van der Waals surface area contributed by atoms with Crippen LogP contribution in [-0.2, 0) is 28.5 Å². The lowest BCUT2D eigenvalue weighted by atomic mass is 10.0. The molecule has 0 fully saturated rings. The molecule has 304 valence electrons. The average molecular weight is 736 g/mol. The lowest BCUT2D eigenvalue weighted by molar-refractivity contribution is -0.143. The molecule has 52 heavy (non-hydrogen) atoms. The summed E-state index contributed by atoms with van der Waals surface area (Å²) >= 11 is 0. The second kappa shape index (κ2) is 38.4. The molecular weight excluding hydrogens is 654 g/mol. The summed E-state index contributed by atoms with van der Waals surface area (Å²) in [5, 5.41) is 0. The van der Waals surface area contributed by atoms with Crippen molar-refractivity contribution in [3.8, 4) is 0 Å². The standard InChI is InChI=1S/C44H81NO7/c1-6-8-10-12-14-22-28-36-49-42(46)34-26-20-16-18-24-32-41(52-44(48)51-38-30-31-40(3)39-45(4)5)33-25-19-17-21-27-35-43(47)50-37-29-23-15-13-11-9-7-2/h22-23,28-29,40-41H,6-21,24-27,30-39H2,1-5H3/b28-22-,29-23-. The molecule has 8 heteroatoms. The highest BCUT2D eigenvalue weighted by atomic mass is 16.7. The van der Waals surface area contributed by atoms with Gasteiger partial charge in [0.1, 0.15) is 19.3 Å². The summed E-state index contributed by atoms with van der Waals surface area (Å²) in [6, 6.07) is 0. The number of rotatable bonds is 37. The van der Waals surface area contributed by atoms with Gasteiger partial charge in [0, 0.05) is 19.4 Å². The maximum Gasteiger partial charge on any atom is 0.508 e. The van der Waals surface area contributed by atoms with Crippen LogP contribution in [0.25, 0.3) is 0 Å². The van der Waals surface area contributed by atoms with E-state index in [1.54, 1.807) is 0 Å². The largest absolute Gasteiger partial charge is 0.508 e. The maximum absolute atomic E-state index is 12.5. The lowest BCUT2D eigenvalue weighted by Gasteiger charge is -2.19. The van der Waals surface area contributed by atoms with Gasteiger partial charge in [-0.1, -0.05) is 122 Å². The zero-order valence-electron chi connectivity index (χ0n) is 34.5. The fourth-order valence-corrected chi connectivity index (χ4v) is 6.25. The number of nitrogens with zero attached hydrogens (tertiary/aromatic N) is 1. The third-order valence-corrected chi connectivity index (χ3v) is 9.28. The van der Waals surface area contributed by atoms with Crippen LogP contribution in [0.15, 0.2) is 24.3 Å². The van der Waals surface area contributed by atoms with Gasteiger partial charge in [-0.2, -0.15) is 0 Å². The number of allylic oxidation sites excluding steroid dienone is 2. The molecule has 0 aliphatic carbocycles. The van der Waals surface area contributed by atoms with Crippen molar-refractivity contribution in [2.45, 2.75) is 194 Å². The van der Waals surface area contributed by atoms with E-state index in [1.165, 1.54) is 51.4 Å². The minimum Gasteiger partial charge on any atom is -0.461 e. The van der Waals surface area contributed by atoms with Crippen LogP contribution < -0.4 is 0 Å². The molecule has 0 aromatic rings. The molecule has 1 atom stereocenters. The molecule has 0 aliphatic rings. The smallest absolute Gasteiger partial charge is 0.461 e. The first-order chi connectivity index (χ1) is 25.3. The van der Waals surface area contributed by atoms with Gasteiger partial charge in [-0.05, 0) is 97.1 Å². The van der Waals surface area contributed by atoms with Crippen LogP contribution >= 0.6 is 0 Å². The predicted molar refractivity (Wildman–Crippen MR) is 216 cm³/mol. The second-order valence-corrected chi connectivity index (χ2v) is 15.0. The number of hydrogen-bond acceptors (Lipinski definition) is 8. The van der Waals surface area contributed by atoms with Crippen molar-refractivity contribution in [2.75, 3.05) is 40.5 Å². The molecular formula is C44H81NO7. The Hall–Kier alpha value is -2.35. The van der Waals surface area contributed by atoms with E-state index < -0.39 is 6.16 Å². The van der Waals surface area contributed by atoms with Gasteiger partial charge in [-0.15, -0.1) is 0 Å². The molecule has 8 nitrogen and oxygen atoms in total. The molecule has 0 saturated carbocycles. The molecule has 0 heterocycles. The summed E-state index contributed by atoms with van der Waals surface area (Å²) in [7, 11) is 4.15. The van der Waals surface area contributed by atoms with Crippen LogP contribution in [0.3, 0.4) is 0 Å². The van der Waals surface area contributed by atoms with Crippen LogP contribution in [0.5, 0.6) is 0 Å². The van der Waals surface area contributed by atoms with Crippen molar-refractivity contribution in [2.24, 2.45) is 5.92 Å². The van der Waals surface area contributed by atoms with Crippen molar-refractivity contribution < 1.29 is 33.3 Å². The number of carbonyl (C=O) groups is 3. The van der Waals surface area contributed by atoms with Crippen LogP contribution in [0.4, 0.5) is 4.79 Å². The van der Waals surface area contributed by atoms with Gasteiger partial charge >= 0.3 is 18.1 Å². The molecule has 0 saturated heterocycles. The van der Waals surface area contributed by atoms with Crippen molar-refractivity contribution in [1.29, 1.82) is 0 Å². The molecule has 0 radical (unpaired) electrons. The Bertz CT molecular complexity index is 836. The Morgan fingerprint density at radius 3 is 1.48 bits per heavy atom. The quantitative estimate of drug-likeness (QED) is 0.0269. The van der Waals surface area contributed by atoms with Gasteiger partial charge in [0.05, 0.1) is 6.61 Å². The average Bonchev–Trinajstić information content (AvgIpc) is 3.11. The Balaban J connectivity index is 4.29. The molecule has 0 spiro atoms. The van der Waals surface area contributed by atoms with Crippen LogP contribution in [0.2, 0.25) is 0 Å². The number of unbranched alkanes of at least 4 members (excludes halogenated alkanes) is 16. The van der Waals surface area contributed by atoms with E-state index >= 15 is 0 Å². The highest BCUT2D eigenvalue weighted by Crippen LogP contribution is 2.18. The van der Waals surface area contributed by atoms with E-state index in [-0.39, 0.29) is 18.0 Å². The van der Waals surface area contributed by atoms with Gasteiger partial charge < -0.3 is 23.8 Å². The molecule has 0 rings (SSSR count). The number of hydrogen-bond donors (Lipinski definition) is 0. The molecule has 1 unspecified atom stereocenters. The highest BCUT2D eigenvalue weighted by molar-refractivity contribution is 5.69. The highest BCUT2D eigenvalue weighted by Gasteiger charge is 2.16. The number of carbonyl (C=O) groups excluding carboxylic acids is 3. The Morgan fingerprint density at radius 1 is 0.538 bits per heavy atom. The molecule has 0 aromatic heterocycles. The summed E-state index contributed by atoms with van der Waals surface area (Å²) in [6.07, 6.45) is 33.7. The maximum atomic E-state index is 12.5. The Labute approximate surface area is 320 Å². The van der Waals surface area contributed by atoms with Crippen LogP contribution in [0.1, 0.15) is 188 Å².